The van der Waals surface area contributed by atoms with Crippen LogP contribution >= 0.6 is 0 Å². The average Bonchev–Trinajstić information content (AvgIpc) is 2.81. The number of hydrogen-bond donors (Lipinski definition) is 2. The lowest BCUT2D eigenvalue weighted by Gasteiger charge is -2.32. The Balaban J connectivity index is 1.80. The van der Waals surface area contributed by atoms with Crippen molar-refractivity contribution in [2.24, 2.45) is 24.7 Å². The lowest BCUT2D eigenvalue weighted by molar-refractivity contribution is 0.220. The predicted molar refractivity (Wildman–Crippen MR) is 86.7 cm³/mol. The first kappa shape index (κ1) is 14.5. The molecule has 3 rings (SSSR count). The van der Waals surface area contributed by atoms with Crippen LogP contribution < -0.4 is 11.3 Å². The number of aromatic nitrogens is 2. The highest BCUT2D eigenvalue weighted by molar-refractivity contribution is 5.75. The van der Waals surface area contributed by atoms with Crippen molar-refractivity contribution in [1.82, 2.24) is 15.0 Å². The summed E-state index contributed by atoms with van der Waals surface area (Å²) >= 11 is 0. The van der Waals surface area contributed by atoms with Gasteiger partial charge in [-0.25, -0.2) is 4.98 Å². The summed E-state index contributed by atoms with van der Waals surface area (Å²) in [6, 6.07) is 8.63. The van der Waals surface area contributed by atoms with Crippen LogP contribution in [-0.2, 0) is 13.5 Å². The molecular formula is C17H26N4. The van der Waals surface area contributed by atoms with Gasteiger partial charge in [0.15, 0.2) is 0 Å². The number of hydrogen-bond acceptors (Lipinski definition) is 3. The van der Waals surface area contributed by atoms with Crippen LogP contribution in [0.15, 0.2) is 24.3 Å². The number of para-hydroxylation sites is 2. The minimum Gasteiger partial charge on any atom is -0.331 e. The number of benzene rings is 1. The standard InChI is InChI=1S/C17H26N4/c1-12-6-5-7-13(10-12)15(20-18)11-17-19-14-8-3-4-9-16(14)21(17)2/h3-4,8-9,12-13,15,20H,5-7,10-11,18H2,1-2H3. The molecule has 0 spiro atoms. The zero-order chi connectivity index (χ0) is 14.8. The number of aryl methyl sites for hydroxylation is 1. The summed E-state index contributed by atoms with van der Waals surface area (Å²) in [4.78, 5) is 4.78. The summed E-state index contributed by atoms with van der Waals surface area (Å²) < 4.78 is 2.20. The third kappa shape index (κ3) is 2.97. The van der Waals surface area contributed by atoms with Gasteiger partial charge in [0.25, 0.3) is 0 Å². The van der Waals surface area contributed by atoms with Crippen molar-refractivity contribution in [2.45, 2.75) is 45.1 Å². The maximum Gasteiger partial charge on any atom is 0.111 e. The van der Waals surface area contributed by atoms with E-state index in [-0.39, 0.29) is 0 Å². The molecule has 1 fully saturated rings. The molecule has 0 saturated heterocycles. The van der Waals surface area contributed by atoms with Crippen LogP contribution in [0.25, 0.3) is 11.0 Å². The molecule has 0 bridgehead atoms. The van der Waals surface area contributed by atoms with E-state index in [9.17, 15) is 0 Å². The smallest absolute Gasteiger partial charge is 0.111 e. The molecule has 0 radical (unpaired) electrons. The quantitative estimate of drug-likeness (QED) is 0.671. The highest BCUT2D eigenvalue weighted by Gasteiger charge is 2.27. The van der Waals surface area contributed by atoms with E-state index in [1.54, 1.807) is 0 Å². The topological polar surface area (TPSA) is 55.9 Å². The van der Waals surface area contributed by atoms with Gasteiger partial charge in [-0.3, -0.25) is 11.3 Å². The second-order valence-electron chi connectivity index (χ2n) is 6.58. The molecule has 21 heavy (non-hydrogen) atoms. The lowest BCUT2D eigenvalue weighted by Crippen LogP contribution is -2.44. The van der Waals surface area contributed by atoms with Crippen molar-refractivity contribution in [1.29, 1.82) is 0 Å². The molecule has 2 aromatic rings. The van der Waals surface area contributed by atoms with E-state index in [4.69, 9.17) is 10.8 Å². The van der Waals surface area contributed by atoms with Crippen molar-refractivity contribution in [3.63, 3.8) is 0 Å². The normalized spacial score (nSPS) is 24.3. The van der Waals surface area contributed by atoms with Crippen LogP contribution in [0.1, 0.15) is 38.4 Å². The van der Waals surface area contributed by atoms with Crippen LogP contribution in [0.3, 0.4) is 0 Å². The Morgan fingerprint density at radius 3 is 2.90 bits per heavy atom. The fourth-order valence-corrected chi connectivity index (χ4v) is 3.78. The maximum atomic E-state index is 5.85. The van der Waals surface area contributed by atoms with Gasteiger partial charge >= 0.3 is 0 Å². The Morgan fingerprint density at radius 2 is 2.19 bits per heavy atom. The highest BCUT2D eigenvalue weighted by atomic mass is 15.2. The SMILES string of the molecule is CC1CCCC(C(Cc2nc3ccccc3n2C)NN)C1. The Morgan fingerprint density at radius 1 is 1.38 bits per heavy atom. The van der Waals surface area contributed by atoms with E-state index in [0.29, 0.717) is 12.0 Å². The fraction of sp³-hybridized carbons (Fsp3) is 0.588. The first-order chi connectivity index (χ1) is 10.2. The zero-order valence-corrected chi connectivity index (χ0v) is 13.0. The monoisotopic (exact) mass is 286 g/mol. The molecule has 3 N–H and O–H groups in total. The molecule has 1 aromatic heterocycles. The molecular weight excluding hydrogens is 260 g/mol. The maximum absolute atomic E-state index is 5.85. The molecule has 1 aromatic carbocycles. The molecule has 4 heteroatoms. The number of hydrazine groups is 1. The third-order valence-electron chi connectivity index (χ3n) is 5.04. The fourth-order valence-electron chi connectivity index (χ4n) is 3.78. The summed E-state index contributed by atoms with van der Waals surface area (Å²) in [6.07, 6.45) is 6.15. The van der Waals surface area contributed by atoms with Gasteiger partial charge in [0, 0.05) is 19.5 Å². The van der Waals surface area contributed by atoms with E-state index in [2.05, 4.69) is 42.2 Å². The number of nitrogens with two attached hydrogens (primary N) is 1. The molecule has 3 unspecified atom stereocenters. The Labute approximate surface area is 126 Å². The van der Waals surface area contributed by atoms with Crippen LogP contribution in [0.4, 0.5) is 0 Å². The van der Waals surface area contributed by atoms with Crippen molar-refractivity contribution in [3.8, 4) is 0 Å². The van der Waals surface area contributed by atoms with Crippen molar-refractivity contribution >= 4 is 11.0 Å². The van der Waals surface area contributed by atoms with Gasteiger partial charge in [0.2, 0.25) is 0 Å². The number of fused-ring (bicyclic) bond motifs is 1. The number of imidazole rings is 1. The van der Waals surface area contributed by atoms with Gasteiger partial charge < -0.3 is 4.57 Å². The predicted octanol–water partition coefficient (Wildman–Crippen LogP) is 2.77. The summed E-state index contributed by atoms with van der Waals surface area (Å²) in [7, 11) is 2.10. The molecule has 4 nitrogen and oxygen atoms in total. The van der Waals surface area contributed by atoms with Crippen LogP contribution in [0.2, 0.25) is 0 Å². The number of nitrogens with one attached hydrogen (secondary N) is 1. The van der Waals surface area contributed by atoms with E-state index in [0.717, 1.165) is 23.7 Å². The third-order valence-corrected chi connectivity index (χ3v) is 5.04. The van der Waals surface area contributed by atoms with Gasteiger partial charge in [-0.15, -0.1) is 0 Å². The van der Waals surface area contributed by atoms with Crippen LogP contribution in [0.5, 0.6) is 0 Å². The minimum absolute atomic E-state index is 0.322. The lowest BCUT2D eigenvalue weighted by atomic mass is 9.78. The van der Waals surface area contributed by atoms with Crippen molar-refractivity contribution in [2.75, 3.05) is 0 Å². The molecule has 114 valence electrons. The van der Waals surface area contributed by atoms with Gasteiger partial charge in [0.05, 0.1) is 11.0 Å². The van der Waals surface area contributed by atoms with Gasteiger partial charge in [-0.2, -0.15) is 0 Å². The molecule has 1 saturated carbocycles. The van der Waals surface area contributed by atoms with Crippen molar-refractivity contribution < 1.29 is 0 Å². The number of nitrogens with zero attached hydrogens (tertiary/aromatic N) is 2. The molecule has 3 atom stereocenters. The summed E-state index contributed by atoms with van der Waals surface area (Å²) in [5.74, 6) is 8.46. The molecule has 0 amide bonds. The summed E-state index contributed by atoms with van der Waals surface area (Å²) in [6.45, 7) is 2.36. The molecule has 1 aliphatic rings. The van der Waals surface area contributed by atoms with E-state index >= 15 is 0 Å². The molecule has 0 aliphatic heterocycles. The highest BCUT2D eigenvalue weighted by Crippen LogP contribution is 2.31. The van der Waals surface area contributed by atoms with E-state index in [1.807, 2.05) is 6.07 Å². The summed E-state index contributed by atoms with van der Waals surface area (Å²) in [5, 5.41) is 0. The summed E-state index contributed by atoms with van der Waals surface area (Å²) in [5.41, 5.74) is 5.33. The molecule has 1 heterocycles. The van der Waals surface area contributed by atoms with Gasteiger partial charge in [-0.1, -0.05) is 31.9 Å². The van der Waals surface area contributed by atoms with E-state index in [1.165, 1.54) is 31.2 Å². The minimum atomic E-state index is 0.322. The Kier molecular flexibility index (Phi) is 4.27. The van der Waals surface area contributed by atoms with Gasteiger partial charge in [-0.05, 0) is 36.8 Å². The van der Waals surface area contributed by atoms with E-state index < -0.39 is 0 Å². The number of rotatable bonds is 4. The first-order valence-electron chi connectivity index (χ1n) is 8.05. The largest absolute Gasteiger partial charge is 0.331 e. The van der Waals surface area contributed by atoms with Crippen LogP contribution in [0, 0.1) is 11.8 Å². The zero-order valence-electron chi connectivity index (χ0n) is 13.0. The van der Waals surface area contributed by atoms with Crippen LogP contribution in [-0.4, -0.2) is 15.6 Å². The second kappa shape index (κ2) is 6.16. The second-order valence-corrected chi connectivity index (χ2v) is 6.58. The van der Waals surface area contributed by atoms with Crippen molar-refractivity contribution in [3.05, 3.63) is 30.1 Å². The Hall–Kier alpha value is -1.39. The first-order valence-corrected chi connectivity index (χ1v) is 8.05. The molecule has 1 aliphatic carbocycles. The Bertz CT molecular complexity index is 604. The average molecular weight is 286 g/mol. The van der Waals surface area contributed by atoms with Gasteiger partial charge in [0.1, 0.15) is 5.82 Å².